The average molecular weight is 356 g/mol. The lowest BCUT2D eigenvalue weighted by atomic mass is 9.97. The fraction of sp³-hybridized carbons (Fsp3) is 0.421. The Balaban J connectivity index is 1.31. The van der Waals surface area contributed by atoms with Crippen LogP contribution < -0.4 is 10.2 Å². The molecular formula is C19H24N4OS. The highest BCUT2D eigenvalue weighted by molar-refractivity contribution is 7.99. The minimum absolute atomic E-state index is 0.136. The first-order valence-electron chi connectivity index (χ1n) is 8.70. The highest BCUT2D eigenvalue weighted by Gasteiger charge is 2.20. The lowest BCUT2D eigenvalue weighted by Crippen LogP contribution is -2.39. The molecule has 0 spiro atoms. The topological polar surface area (TPSA) is 58.1 Å². The van der Waals surface area contributed by atoms with Gasteiger partial charge in [0, 0.05) is 37.8 Å². The zero-order valence-electron chi connectivity index (χ0n) is 14.3. The lowest BCUT2D eigenvalue weighted by Gasteiger charge is -2.32. The number of rotatable bonds is 7. The van der Waals surface area contributed by atoms with Gasteiger partial charge in [0.15, 0.2) is 0 Å². The maximum Gasteiger partial charge on any atom is 0.230 e. The van der Waals surface area contributed by atoms with Crippen molar-refractivity contribution in [3.05, 3.63) is 54.5 Å². The van der Waals surface area contributed by atoms with Gasteiger partial charge in [-0.2, -0.15) is 0 Å². The zero-order valence-corrected chi connectivity index (χ0v) is 15.1. The van der Waals surface area contributed by atoms with E-state index in [1.165, 1.54) is 5.56 Å². The molecule has 132 valence electrons. The normalized spacial score (nSPS) is 15.1. The van der Waals surface area contributed by atoms with Crippen molar-refractivity contribution in [2.75, 3.05) is 30.3 Å². The van der Waals surface area contributed by atoms with E-state index >= 15 is 0 Å². The summed E-state index contributed by atoms with van der Waals surface area (Å²) in [4.78, 5) is 22.7. The van der Waals surface area contributed by atoms with E-state index in [9.17, 15) is 4.79 Å². The van der Waals surface area contributed by atoms with Crippen LogP contribution in [-0.4, -0.2) is 41.3 Å². The number of nitrogens with zero attached hydrogens (tertiary/aromatic N) is 3. The first kappa shape index (κ1) is 17.7. The van der Waals surface area contributed by atoms with Gasteiger partial charge < -0.3 is 10.2 Å². The van der Waals surface area contributed by atoms with Crippen LogP contribution >= 0.6 is 11.8 Å². The summed E-state index contributed by atoms with van der Waals surface area (Å²) >= 11 is 1.66. The standard InChI is InChI=1S/C19H24N4OS/c24-19(15-25-14-17-4-2-1-3-5-17)22-12-16-6-10-23(11-7-16)18-13-20-8-9-21-18/h1-5,8-9,13,16H,6-7,10-12,14-15H2,(H,22,24). The first-order valence-corrected chi connectivity index (χ1v) is 9.86. The summed E-state index contributed by atoms with van der Waals surface area (Å²) < 4.78 is 0. The lowest BCUT2D eigenvalue weighted by molar-refractivity contribution is -0.118. The van der Waals surface area contributed by atoms with E-state index in [1.807, 2.05) is 24.4 Å². The van der Waals surface area contributed by atoms with Gasteiger partial charge in [-0.1, -0.05) is 30.3 Å². The minimum atomic E-state index is 0.136. The van der Waals surface area contributed by atoms with Crippen molar-refractivity contribution in [2.24, 2.45) is 5.92 Å². The molecule has 0 radical (unpaired) electrons. The van der Waals surface area contributed by atoms with Gasteiger partial charge >= 0.3 is 0 Å². The van der Waals surface area contributed by atoms with E-state index in [-0.39, 0.29) is 5.91 Å². The monoisotopic (exact) mass is 356 g/mol. The van der Waals surface area contributed by atoms with Crippen molar-refractivity contribution >= 4 is 23.5 Å². The van der Waals surface area contributed by atoms with Crippen LogP contribution in [0.2, 0.25) is 0 Å². The van der Waals surface area contributed by atoms with E-state index in [1.54, 1.807) is 24.2 Å². The van der Waals surface area contributed by atoms with Crippen LogP contribution in [0, 0.1) is 5.92 Å². The molecule has 0 bridgehead atoms. The van der Waals surface area contributed by atoms with Gasteiger partial charge in [-0.25, -0.2) is 4.98 Å². The quantitative estimate of drug-likeness (QED) is 0.827. The molecule has 1 aromatic carbocycles. The number of aromatic nitrogens is 2. The van der Waals surface area contributed by atoms with Crippen molar-refractivity contribution in [3.63, 3.8) is 0 Å². The van der Waals surface area contributed by atoms with Crippen LogP contribution in [0.25, 0.3) is 0 Å². The molecule has 6 heteroatoms. The Morgan fingerprint density at radius 1 is 1.20 bits per heavy atom. The van der Waals surface area contributed by atoms with E-state index in [2.05, 4.69) is 32.3 Å². The Bertz CT molecular complexity index is 645. The number of hydrogen-bond donors (Lipinski definition) is 1. The molecule has 2 aromatic rings. The molecule has 0 aliphatic carbocycles. The van der Waals surface area contributed by atoms with Gasteiger partial charge in [0.25, 0.3) is 0 Å². The van der Waals surface area contributed by atoms with Gasteiger partial charge in [0.1, 0.15) is 5.82 Å². The third kappa shape index (κ3) is 5.74. The number of piperidine rings is 1. The van der Waals surface area contributed by atoms with Crippen molar-refractivity contribution in [2.45, 2.75) is 18.6 Å². The van der Waals surface area contributed by atoms with Gasteiger partial charge in [-0.3, -0.25) is 9.78 Å². The smallest absolute Gasteiger partial charge is 0.230 e. The van der Waals surface area contributed by atoms with Crippen molar-refractivity contribution in [1.29, 1.82) is 0 Å². The maximum atomic E-state index is 12.0. The molecule has 3 rings (SSSR count). The molecule has 25 heavy (non-hydrogen) atoms. The molecule has 1 amide bonds. The SMILES string of the molecule is O=C(CSCc1ccccc1)NCC1CCN(c2cnccn2)CC1. The number of carbonyl (C=O) groups is 1. The minimum Gasteiger partial charge on any atom is -0.355 e. The summed E-state index contributed by atoms with van der Waals surface area (Å²) in [5.74, 6) is 3.04. The molecule has 0 saturated carbocycles. The molecule has 0 atom stereocenters. The fourth-order valence-electron chi connectivity index (χ4n) is 2.97. The van der Waals surface area contributed by atoms with Crippen molar-refractivity contribution in [3.8, 4) is 0 Å². The van der Waals surface area contributed by atoms with Gasteiger partial charge in [0.2, 0.25) is 5.91 Å². The molecule has 1 aromatic heterocycles. The predicted octanol–water partition coefficient (Wildman–Crippen LogP) is 2.74. The van der Waals surface area contributed by atoms with Gasteiger partial charge in [0.05, 0.1) is 11.9 Å². The molecule has 1 aliphatic heterocycles. The van der Waals surface area contributed by atoms with Crippen LogP contribution in [-0.2, 0) is 10.5 Å². The van der Waals surface area contributed by atoms with Gasteiger partial charge in [-0.15, -0.1) is 11.8 Å². The first-order chi connectivity index (χ1) is 12.3. The van der Waals surface area contributed by atoms with Gasteiger partial charge in [-0.05, 0) is 24.3 Å². The average Bonchev–Trinajstić information content (AvgIpc) is 2.68. The molecule has 1 aliphatic rings. The summed E-state index contributed by atoms with van der Waals surface area (Å²) in [5, 5.41) is 3.09. The summed E-state index contributed by atoms with van der Waals surface area (Å²) in [5.41, 5.74) is 1.26. The Hall–Kier alpha value is -2.08. The number of benzene rings is 1. The van der Waals surface area contributed by atoms with E-state index in [0.29, 0.717) is 11.7 Å². The molecule has 1 N–H and O–H groups in total. The third-order valence-corrected chi connectivity index (χ3v) is 5.42. The number of amides is 1. The number of nitrogens with one attached hydrogen (secondary N) is 1. The second-order valence-corrected chi connectivity index (χ2v) is 7.26. The van der Waals surface area contributed by atoms with Crippen LogP contribution in [0.1, 0.15) is 18.4 Å². The number of hydrogen-bond acceptors (Lipinski definition) is 5. The van der Waals surface area contributed by atoms with E-state index < -0.39 is 0 Å². The number of carbonyl (C=O) groups excluding carboxylic acids is 1. The summed E-state index contributed by atoms with van der Waals surface area (Å²) in [6.07, 6.45) is 7.39. The highest BCUT2D eigenvalue weighted by atomic mass is 32.2. The second-order valence-electron chi connectivity index (χ2n) is 6.28. The van der Waals surface area contributed by atoms with Crippen molar-refractivity contribution in [1.82, 2.24) is 15.3 Å². The highest BCUT2D eigenvalue weighted by Crippen LogP contribution is 2.20. The van der Waals surface area contributed by atoms with E-state index in [4.69, 9.17) is 0 Å². The fourth-order valence-corrected chi connectivity index (χ4v) is 3.78. The molecule has 0 unspecified atom stereocenters. The van der Waals surface area contributed by atoms with Crippen LogP contribution in [0.15, 0.2) is 48.9 Å². The molecule has 2 heterocycles. The Morgan fingerprint density at radius 2 is 2.00 bits per heavy atom. The summed E-state index contributed by atoms with van der Waals surface area (Å²) in [6.45, 7) is 2.73. The summed E-state index contributed by atoms with van der Waals surface area (Å²) in [7, 11) is 0. The summed E-state index contributed by atoms with van der Waals surface area (Å²) in [6, 6.07) is 10.3. The largest absolute Gasteiger partial charge is 0.355 e. The Morgan fingerprint density at radius 3 is 2.72 bits per heavy atom. The molecule has 5 nitrogen and oxygen atoms in total. The third-order valence-electron chi connectivity index (χ3n) is 4.42. The van der Waals surface area contributed by atoms with Crippen LogP contribution in [0.4, 0.5) is 5.82 Å². The Kier molecular flexibility index (Phi) is 6.68. The van der Waals surface area contributed by atoms with Crippen LogP contribution in [0.5, 0.6) is 0 Å². The van der Waals surface area contributed by atoms with Crippen molar-refractivity contribution < 1.29 is 4.79 Å². The molecule has 1 fully saturated rings. The van der Waals surface area contributed by atoms with E-state index in [0.717, 1.165) is 44.0 Å². The molecular weight excluding hydrogens is 332 g/mol. The molecule has 1 saturated heterocycles. The zero-order chi connectivity index (χ0) is 17.3. The predicted molar refractivity (Wildman–Crippen MR) is 103 cm³/mol. The number of thioether (sulfide) groups is 1. The maximum absolute atomic E-state index is 12.0. The Labute approximate surface area is 153 Å². The second kappa shape index (κ2) is 9.42. The number of anilines is 1. The van der Waals surface area contributed by atoms with Crippen LogP contribution in [0.3, 0.4) is 0 Å².